The van der Waals surface area contributed by atoms with Gasteiger partial charge in [0.05, 0.1) is 0 Å². The maximum atomic E-state index is 8.62. The molecule has 0 aromatic heterocycles. The van der Waals surface area contributed by atoms with Crippen LogP contribution in [0.3, 0.4) is 0 Å². The fourth-order valence-electron chi connectivity index (χ4n) is 1.27. The molecule has 1 aromatic rings. The van der Waals surface area contributed by atoms with Crippen LogP contribution in [0.1, 0.15) is 12.5 Å². The third-order valence-electron chi connectivity index (χ3n) is 2.32. The molecule has 0 atom stereocenters. The van der Waals surface area contributed by atoms with E-state index in [0.29, 0.717) is 5.71 Å². The second kappa shape index (κ2) is 4.17. The van der Waals surface area contributed by atoms with Gasteiger partial charge in [0, 0.05) is 0 Å². The van der Waals surface area contributed by atoms with Gasteiger partial charge in [-0.15, -0.1) is 0 Å². The van der Waals surface area contributed by atoms with E-state index in [2.05, 4.69) is 34.6 Å². The van der Waals surface area contributed by atoms with Gasteiger partial charge in [0.1, 0.15) is 0 Å². The Labute approximate surface area is 88.0 Å². The zero-order valence-electron chi connectivity index (χ0n) is 9.20. The van der Waals surface area contributed by atoms with Crippen LogP contribution < -0.4 is 4.40 Å². The maximum absolute atomic E-state index is 8.62. The average Bonchev–Trinajstić information content (AvgIpc) is 2.15. The van der Waals surface area contributed by atoms with Crippen molar-refractivity contribution in [1.29, 1.82) is 0 Å². The number of benzene rings is 1. The molecule has 0 amide bonds. The Balaban J connectivity index is 3.01. The summed E-state index contributed by atoms with van der Waals surface area (Å²) in [6, 6.07) is 8.37. The molecule has 0 aliphatic heterocycles. The second-order valence-corrected chi connectivity index (χ2v) is 15.2. The summed E-state index contributed by atoms with van der Waals surface area (Å²) in [4.78, 5) is 0. The Kier molecular flexibility index (Phi) is 3.37. The standard InChI is InChI=1S/C11H17GeNO/c1-9(13-14)10-5-7-11(8-6-10)12(2,3)4/h5-8,14H,1-4H3. The second-order valence-electron chi connectivity index (χ2n) is 4.51. The average molecular weight is 252 g/mol. The molecule has 0 unspecified atom stereocenters. The molecule has 3 heteroatoms. The fraction of sp³-hybridized carbons (Fsp3) is 0.364. The Morgan fingerprint density at radius 2 is 1.64 bits per heavy atom. The van der Waals surface area contributed by atoms with Gasteiger partial charge < -0.3 is 0 Å². The SMILES string of the molecule is CC(=NO)c1cc[c]([Ge]([CH3])([CH3])[CH3])cc1. The van der Waals surface area contributed by atoms with Gasteiger partial charge in [-0.2, -0.15) is 0 Å². The van der Waals surface area contributed by atoms with Gasteiger partial charge in [-0.25, -0.2) is 0 Å². The molecule has 0 fully saturated rings. The van der Waals surface area contributed by atoms with Gasteiger partial charge >= 0.3 is 87.8 Å². The van der Waals surface area contributed by atoms with Gasteiger partial charge in [0.25, 0.3) is 0 Å². The molecule has 2 nitrogen and oxygen atoms in total. The molecule has 0 aliphatic carbocycles. The third-order valence-corrected chi connectivity index (χ3v) is 6.65. The van der Waals surface area contributed by atoms with Crippen LogP contribution in [0.5, 0.6) is 0 Å². The van der Waals surface area contributed by atoms with E-state index in [1.807, 2.05) is 12.1 Å². The number of oxime groups is 1. The van der Waals surface area contributed by atoms with Gasteiger partial charge in [-0.3, -0.25) is 0 Å². The molecule has 76 valence electrons. The zero-order valence-corrected chi connectivity index (χ0v) is 11.3. The first-order valence-electron chi connectivity index (χ1n) is 4.74. The summed E-state index contributed by atoms with van der Waals surface area (Å²) in [6.45, 7) is 1.80. The number of rotatable bonds is 2. The Bertz CT molecular complexity index is 335. The minimum atomic E-state index is -1.68. The van der Waals surface area contributed by atoms with Crippen molar-refractivity contribution in [2.75, 3.05) is 0 Å². The van der Waals surface area contributed by atoms with E-state index in [1.165, 1.54) is 4.40 Å². The van der Waals surface area contributed by atoms with Crippen molar-refractivity contribution in [3.8, 4) is 0 Å². The summed E-state index contributed by atoms with van der Waals surface area (Å²) >= 11 is -1.68. The summed E-state index contributed by atoms with van der Waals surface area (Å²) < 4.78 is 1.47. The number of hydrogen-bond donors (Lipinski definition) is 1. The van der Waals surface area contributed by atoms with Crippen LogP contribution in [-0.4, -0.2) is 24.2 Å². The predicted octanol–water partition coefficient (Wildman–Crippen LogP) is 2.43. The molecular formula is C11H17GeNO. The van der Waals surface area contributed by atoms with Crippen LogP contribution >= 0.6 is 0 Å². The number of hydrogen-bond acceptors (Lipinski definition) is 2. The van der Waals surface area contributed by atoms with E-state index in [-0.39, 0.29) is 0 Å². The molecule has 0 heterocycles. The van der Waals surface area contributed by atoms with Crippen LogP contribution in [0.25, 0.3) is 0 Å². The van der Waals surface area contributed by atoms with Gasteiger partial charge in [0.2, 0.25) is 0 Å². The molecule has 0 saturated carbocycles. The fourth-order valence-corrected chi connectivity index (χ4v) is 3.72. The molecule has 1 rings (SSSR count). The van der Waals surface area contributed by atoms with Crippen LogP contribution in [-0.2, 0) is 0 Å². The van der Waals surface area contributed by atoms with Crippen molar-refractivity contribution in [1.82, 2.24) is 0 Å². The van der Waals surface area contributed by atoms with Gasteiger partial charge in [-0.05, 0) is 0 Å². The first-order valence-corrected chi connectivity index (χ1v) is 12.1. The van der Waals surface area contributed by atoms with E-state index in [4.69, 9.17) is 5.21 Å². The van der Waals surface area contributed by atoms with Crippen LogP contribution in [0, 0.1) is 0 Å². The Hall–Kier alpha value is -0.767. The van der Waals surface area contributed by atoms with Crippen molar-refractivity contribution in [2.45, 2.75) is 24.2 Å². The van der Waals surface area contributed by atoms with E-state index >= 15 is 0 Å². The molecule has 0 aliphatic rings. The summed E-state index contributed by atoms with van der Waals surface area (Å²) in [6.07, 6.45) is 0. The van der Waals surface area contributed by atoms with Crippen molar-refractivity contribution in [3.05, 3.63) is 29.8 Å². The third kappa shape index (κ3) is 2.61. The molecule has 14 heavy (non-hydrogen) atoms. The van der Waals surface area contributed by atoms with Crippen molar-refractivity contribution < 1.29 is 5.21 Å². The molecule has 0 saturated heterocycles. The van der Waals surface area contributed by atoms with Crippen LogP contribution in [0.2, 0.25) is 17.3 Å². The molecule has 1 aromatic carbocycles. The van der Waals surface area contributed by atoms with Crippen molar-refractivity contribution in [2.24, 2.45) is 5.16 Å². The monoisotopic (exact) mass is 253 g/mol. The van der Waals surface area contributed by atoms with E-state index in [9.17, 15) is 0 Å². The molecule has 1 N–H and O–H groups in total. The molecule has 0 radical (unpaired) electrons. The molecule has 0 spiro atoms. The molecular weight excluding hydrogens is 235 g/mol. The van der Waals surface area contributed by atoms with Crippen molar-refractivity contribution in [3.63, 3.8) is 0 Å². The minimum absolute atomic E-state index is 0.665. The Morgan fingerprint density at radius 3 is 2.00 bits per heavy atom. The normalized spacial score (nSPS) is 13.0. The topological polar surface area (TPSA) is 32.6 Å². The quantitative estimate of drug-likeness (QED) is 0.372. The summed E-state index contributed by atoms with van der Waals surface area (Å²) in [5, 5.41) is 11.8. The predicted molar refractivity (Wildman–Crippen MR) is 63.4 cm³/mol. The molecule has 0 bridgehead atoms. The van der Waals surface area contributed by atoms with Crippen LogP contribution in [0.4, 0.5) is 0 Å². The summed E-state index contributed by atoms with van der Waals surface area (Å²) in [5.41, 5.74) is 1.65. The van der Waals surface area contributed by atoms with Gasteiger partial charge in [-0.1, -0.05) is 0 Å². The summed E-state index contributed by atoms with van der Waals surface area (Å²) in [5.74, 6) is 7.09. The number of nitrogens with zero attached hydrogens (tertiary/aromatic N) is 1. The Morgan fingerprint density at radius 1 is 1.14 bits per heavy atom. The zero-order chi connectivity index (χ0) is 10.8. The van der Waals surface area contributed by atoms with E-state index in [0.717, 1.165) is 5.56 Å². The van der Waals surface area contributed by atoms with Gasteiger partial charge in [0.15, 0.2) is 0 Å². The van der Waals surface area contributed by atoms with E-state index < -0.39 is 13.3 Å². The van der Waals surface area contributed by atoms with E-state index in [1.54, 1.807) is 6.92 Å². The first-order chi connectivity index (χ1) is 6.45. The summed E-state index contributed by atoms with van der Waals surface area (Å²) in [7, 11) is 0. The first kappa shape index (κ1) is 11.3. The van der Waals surface area contributed by atoms with Crippen LogP contribution in [0.15, 0.2) is 29.4 Å². The van der Waals surface area contributed by atoms with Crippen molar-refractivity contribution >= 4 is 23.4 Å².